The summed E-state index contributed by atoms with van der Waals surface area (Å²) in [5.74, 6) is 0.894. The van der Waals surface area contributed by atoms with E-state index in [1.54, 1.807) is 12.1 Å². The van der Waals surface area contributed by atoms with Gasteiger partial charge in [-0.2, -0.15) is 0 Å². The molecule has 0 N–H and O–H groups in total. The maximum absolute atomic E-state index is 5.98. The van der Waals surface area contributed by atoms with Crippen molar-refractivity contribution in [3.8, 4) is 0 Å². The highest BCUT2D eigenvalue weighted by atomic mass is 127. The predicted molar refractivity (Wildman–Crippen MR) is 64.0 cm³/mol. The van der Waals surface area contributed by atoms with Gasteiger partial charge in [-0.05, 0) is 18.2 Å². The van der Waals surface area contributed by atoms with Gasteiger partial charge < -0.3 is 4.42 Å². The van der Waals surface area contributed by atoms with E-state index in [9.17, 15) is 0 Å². The Morgan fingerprint density at radius 1 is 1.23 bits per heavy atom. The molecule has 4 heteroatoms. The Kier molecular flexibility index (Phi) is 2.72. The fourth-order valence-corrected chi connectivity index (χ4v) is 1.96. The third-order valence-corrected chi connectivity index (χ3v) is 3.14. The molecule has 0 aliphatic carbocycles. The van der Waals surface area contributed by atoms with E-state index in [-0.39, 0.29) is 0 Å². The molecule has 1 aromatic carbocycles. The Bertz CT molecular complexity index is 411. The van der Waals surface area contributed by atoms with Crippen molar-refractivity contribution in [1.82, 2.24) is 0 Å². The van der Waals surface area contributed by atoms with Crippen molar-refractivity contribution in [2.75, 3.05) is 0 Å². The molecular formula is C9H5Cl2IO. The van der Waals surface area contributed by atoms with E-state index in [1.807, 2.05) is 6.07 Å². The zero-order valence-corrected chi connectivity index (χ0v) is 10.2. The lowest BCUT2D eigenvalue weighted by Gasteiger charge is -1.93. The molecule has 2 rings (SSSR count). The zero-order valence-electron chi connectivity index (χ0n) is 6.48. The standard InChI is InChI=1S/C9H5Cl2IO/c10-7-1-2-8(11)9-6(7)3-5(4-12)13-9/h1-3H,4H2. The summed E-state index contributed by atoms with van der Waals surface area (Å²) in [6, 6.07) is 5.45. The first-order valence-electron chi connectivity index (χ1n) is 3.65. The van der Waals surface area contributed by atoms with Gasteiger partial charge in [-0.25, -0.2) is 0 Å². The van der Waals surface area contributed by atoms with Crippen molar-refractivity contribution in [1.29, 1.82) is 0 Å². The number of benzene rings is 1. The van der Waals surface area contributed by atoms with Crippen LogP contribution in [0.3, 0.4) is 0 Å². The van der Waals surface area contributed by atoms with Gasteiger partial charge in [-0.3, -0.25) is 0 Å². The molecule has 0 atom stereocenters. The van der Waals surface area contributed by atoms with Crippen molar-refractivity contribution in [3.63, 3.8) is 0 Å². The van der Waals surface area contributed by atoms with E-state index in [0.717, 1.165) is 15.6 Å². The van der Waals surface area contributed by atoms with Crippen molar-refractivity contribution < 1.29 is 4.42 Å². The second-order valence-electron chi connectivity index (χ2n) is 2.62. The largest absolute Gasteiger partial charge is 0.459 e. The number of furan rings is 1. The smallest absolute Gasteiger partial charge is 0.154 e. The number of hydrogen-bond donors (Lipinski definition) is 0. The van der Waals surface area contributed by atoms with Crippen LogP contribution in [0.1, 0.15) is 5.76 Å². The molecule has 0 fully saturated rings. The van der Waals surface area contributed by atoms with E-state index < -0.39 is 0 Å². The summed E-state index contributed by atoms with van der Waals surface area (Å²) in [6.45, 7) is 0. The summed E-state index contributed by atoms with van der Waals surface area (Å²) in [4.78, 5) is 0. The van der Waals surface area contributed by atoms with Gasteiger partial charge in [0.15, 0.2) is 5.58 Å². The van der Waals surface area contributed by atoms with Gasteiger partial charge in [0.2, 0.25) is 0 Å². The van der Waals surface area contributed by atoms with Crippen molar-refractivity contribution in [3.05, 3.63) is 34.0 Å². The molecule has 68 valence electrons. The number of hydrogen-bond acceptors (Lipinski definition) is 1. The first-order valence-corrected chi connectivity index (χ1v) is 5.93. The Hall–Kier alpha value is 0.0700. The average molecular weight is 327 g/mol. The Morgan fingerprint density at radius 3 is 2.54 bits per heavy atom. The monoisotopic (exact) mass is 326 g/mol. The molecule has 0 radical (unpaired) electrons. The van der Waals surface area contributed by atoms with Gasteiger partial charge in [0.1, 0.15) is 5.76 Å². The summed E-state index contributed by atoms with van der Waals surface area (Å²) in [5, 5.41) is 2.18. The SMILES string of the molecule is Clc1ccc(Cl)c2oc(CI)cc12. The molecule has 0 aliphatic rings. The Labute approximate surface area is 99.1 Å². The van der Waals surface area contributed by atoms with Crippen LogP contribution < -0.4 is 0 Å². The molecular weight excluding hydrogens is 322 g/mol. The highest BCUT2D eigenvalue weighted by Crippen LogP contribution is 2.32. The zero-order chi connectivity index (χ0) is 9.42. The van der Waals surface area contributed by atoms with Crippen LogP contribution in [-0.4, -0.2) is 0 Å². The van der Waals surface area contributed by atoms with Gasteiger partial charge in [-0.15, -0.1) is 0 Å². The highest BCUT2D eigenvalue weighted by Gasteiger charge is 2.09. The van der Waals surface area contributed by atoms with E-state index in [2.05, 4.69) is 22.6 Å². The summed E-state index contributed by atoms with van der Waals surface area (Å²) in [6.07, 6.45) is 0. The van der Waals surface area contributed by atoms with Crippen LogP contribution in [0.4, 0.5) is 0 Å². The lowest BCUT2D eigenvalue weighted by atomic mass is 10.2. The van der Waals surface area contributed by atoms with Crippen molar-refractivity contribution in [2.24, 2.45) is 0 Å². The molecule has 1 heterocycles. The number of rotatable bonds is 1. The maximum Gasteiger partial charge on any atom is 0.154 e. The van der Waals surface area contributed by atoms with Gasteiger partial charge in [0.25, 0.3) is 0 Å². The van der Waals surface area contributed by atoms with Gasteiger partial charge in [-0.1, -0.05) is 45.8 Å². The molecule has 0 spiro atoms. The summed E-state index contributed by atoms with van der Waals surface area (Å²) < 4.78 is 6.32. The summed E-state index contributed by atoms with van der Waals surface area (Å²) >= 11 is 14.2. The Balaban J connectivity index is 2.80. The molecule has 13 heavy (non-hydrogen) atoms. The normalized spacial score (nSPS) is 11.0. The highest BCUT2D eigenvalue weighted by molar-refractivity contribution is 14.1. The maximum atomic E-state index is 5.98. The number of fused-ring (bicyclic) bond motifs is 1. The average Bonchev–Trinajstić information content (AvgIpc) is 2.56. The molecule has 0 saturated carbocycles. The van der Waals surface area contributed by atoms with Crippen molar-refractivity contribution >= 4 is 56.8 Å². The topological polar surface area (TPSA) is 13.1 Å². The lowest BCUT2D eigenvalue weighted by Crippen LogP contribution is -1.67. The third-order valence-electron chi connectivity index (χ3n) is 1.77. The minimum absolute atomic E-state index is 0.607. The lowest BCUT2D eigenvalue weighted by molar-refractivity contribution is 0.577. The number of halogens is 3. The fourth-order valence-electron chi connectivity index (χ4n) is 1.17. The molecule has 2 aromatic rings. The molecule has 0 aliphatic heterocycles. The van der Waals surface area contributed by atoms with Crippen LogP contribution in [0.25, 0.3) is 11.0 Å². The van der Waals surface area contributed by atoms with Crippen LogP contribution in [0.15, 0.2) is 22.6 Å². The Morgan fingerprint density at radius 2 is 1.92 bits per heavy atom. The van der Waals surface area contributed by atoms with E-state index in [4.69, 9.17) is 27.6 Å². The van der Waals surface area contributed by atoms with Crippen LogP contribution in [0.2, 0.25) is 10.0 Å². The van der Waals surface area contributed by atoms with Crippen LogP contribution >= 0.6 is 45.8 Å². The second kappa shape index (κ2) is 3.67. The van der Waals surface area contributed by atoms with Gasteiger partial charge >= 0.3 is 0 Å². The molecule has 0 unspecified atom stereocenters. The predicted octanol–water partition coefficient (Wildman–Crippen LogP) is 4.67. The molecule has 0 bridgehead atoms. The van der Waals surface area contributed by atoms with Crippen LogP contribution in [0, 0.1) is 0 Å². The van der Waals surface area contributed by atoms with Gasteiger partial charge in [0, 0.05) is 5.39 Å². The number of alkyl halides is 1. The quantitative estimate of drug-likeness (QED) is 0.548. The molecule has 1 aromatic heterocycles. The minimum atomic E-state index is 0.607. The van der Waals surface area contributed by atoms with Gasteiger partial charge in [0.05, 0.1) is 14.5 Å². The van der Waals surface area contributed by atoms with Crippen LogP contribution in [-0.2, 0) is 4.43 Å². The molecule has 1 nitrogen and oxygen atoms in total. The minimum Gasteiger partial charge on any atom is -0.459 e. The third kappa shape index (κ3) is 1.67. The first-order chi connectivity index (χ1) is 6.22. The second-order valence-corrected chi connectivity index (χ2v) is 4.20. The van der Waals surface area contributed by atoms with E-state index in [0.29, 0.717) is 15.6 Å². The van der Waals surface area contributed by atoms with Crippen LogP contribution in [0.5, 0.6) is 0 Å². The van der Waals surface area contributed by atoms with E-state index >= 15 is 0 Å². The summed E-state index contributed by atoms with van der Waals surface area (Å²) in [5.41, 5.74) is 0.681. The summed E-state index contributed by atoms with van der Waals surface area (Å²) in [7, 11) is 0. The molecule has 0 amide bonds. The first kappa shape index (κ1) is 9.62. The molecule has 0 saturated heterocycles. The fraction of sp³-hybridized carbons (Fsp3) is 0.111. The van der Waals surface area contributed by atoms with E-state index in [1.165, 1.54) is 0 Å². The van der Waals surface area contributed by atoms with Crippen molar-refractivity contribution in [2.45, 2.75) is 4.43 Å².